The first-order valence-electron chi connectivity index (χ1n) is 31.3. The lowest BCUT2D eigenvalue weighted by Gasteiger charge is -2.32. The molecule has 0 radical (unpaired) electrons. The maximum absolute atomic E-state index is 15.0. The van der Waals surface area contributed by atoms with Crippen molar-refractivity contribution in [3.05, 3.63) is 144 Å². The van der Waals surface area contributed by atoms with Crippen LogP contribution >= 0.6 is 67.9 Å². The van der Waals surface area contributed by atoms with E-state index in [-0.39, 0.29) is 23.7 Å². The number of carbonyl (C=O) groups is 2. The number of imide groups is 1. The monoisotopic (exact) mass is 1270 g/mol. The van der Waals surface area contributed by atoms with Crippen LogP contribution in [-0.4, -0.2) is 11.8 Å². The average Bonchev–Trinajstić information content (AvgIpc) is 2.27. The Balaban J connectivity index is 1.03. The van der Waals surface area contributed by atoms with Gasteiger partial charge in [-0.2, -0.15) is 0 Å². The fraction of sp³-hybridized carbons (Fsp3) is 0.405. The number of rotatable bonds is 27. The van der Waals surface area contributed by atoms with E-state index >= 15 is 9.59 Å². The van der Waals surface area contributed by atoms with Gasteiger partial charge in [0.2, 0.25) is 0 Å². The topological polar surface area (TPSA) is 37.4 Å². The van der Waals surface area contributed by atoms with Gasteiger partial charge in [-0.15, -0.1) is 45.3 Å². The molecule has 8 heteroatoms. The number of unbranched alkanes of at least 4 members (excludes halogenated alkanes) is 12. The first-order chi connectivity index (χ1) is 40.0. The molecule has 0 N–H and O–H groups in total. The summed E-state index contributed by atoms with van der Waals surface area (Å²) in [6.07, 6.45) is 24.6. The maximum atomic E-state index is 15.0. The van der Waals surface area contributed by atoms with Crippen LogP contribution in [0.15, 0.2) is 97.1 Å². The van der Waals surface area contributed by atoms with Crippen molar-refractivity contribution in [3.8, 4) is 39.7 Å². The van der Waals surface area contributed by atoms with Crippen molar-refractivity contribution in [2.24, 2.45) is 0 Å². The van der Waals surface area contributed by atoms with Crippen LogP contribution in [-0.2, 0) is 25.7 Å². The van der Waals surface area contributed by atoms with Crippen LogP contribution in [0.3, 0.4) is 0 Å². The summed E-state index contributed by atoms with van der Waals surface area (Å²) in [6, 6.07) is 36.5. The van der Waals surface area contributed by atoms with E-state index in [0.717, 1.165) is 57.6 Å². The zero-order chi connectivity index (χ0) is 57.2. The molecule has 11 rings (SSSR count). The summed E-state index contributed by atoms with van der Waals surface area (Å²) in [5.41, 5.74) is 11.4. The number of hydrogen-bond acceptors (Lipinski definition) is 6. The lowest BCUT2D eigenvalue weighted by molar-refractivity contribution is 0.0893. The van der Waals surface area contributed by atoms with E-state index in [1.807, 2.05) is 34.8 Å². The maximum Gasteiger partial charge on any atom is 0.266 e. The van der Waals surface area contributed by atoms with E-state index in [0.29, 0.717) is 11.1 Å². The molecule has 82 heavy (non-hydrogen) atoms. The summed E-state index contributed by atoms with van der Waals surface area (Å²) in [7, 11) is 0. The molecule has 426 valence electrons. The van der Waals surface area contributed by atoms with Crippen molar-refractivity contribution in [2.45, 2.75) is 196 Å². The molecule has 3 nitrogen and oxygen atoms in total. The second-order valence-corrected chi connectivity index (χ2v) is 30.1. The Morgan fingerprint density at radius 3 is 1.23 bits per heavy atom. The number of nitrogens with zero attached hydrogens (tertiary/aromatic N) is 1. The summed E-state index contributed by atoms with van der Waals surface area (Å²) in [6.45, 7) is 17.8. The number of para-hydroxylation sites is 1. The molecule has 0 atom stereocenters. The smallest absolute Gasteiger partial charge is 0.266 e. The van der Waals surface area contributed by atoms with Gasteiger partial charge in [0, 0.05) is 50.7 Å². The molecule has 2 amide bonds. The number of carbonyl (C=O) groups excluding carboxylic acids is 2. The highest BCUT2D eigenvalue weighted by molar-refractivity contribution is 14.1. The summed E-state index contributed by atoms with van der Waals surface area (Å²) in [4.78, 5) is 41.8. The Labute approximate surface area is 518 Å². The van der Waals surface area contributed by atoms with E-state index in [9.17, 15) is 0 Å². The molecule has 10 aromatic rings. The molecule has 1 aliphatic heterocycles. The van der Waals surface area contributed by atoms with Crippen molar-refractivity contribution in [2.75, 3.05) is 4.90 Å². The fourth-order valence-electron chi connectivity index (χ4n) is 13.2. The number of benzene rings is 6. The zero-order valence-corrected chi connectivity index (χ0v) is 55.2. The predicted molar refractivity (Wildman–Crippen MR) is 371 cm³/mol. The van der Waals surface area contributed by atoms with Crippen LogP contribution in [0.2, 0.25) is 0 Å². The van der Waals surface area contributed by atoms with Crippen LogP contribution in [0.4, 0.5) is 5.69 Å². The Hall–Kier alpha value is -4.71. The van der Waals surface area contributed by atoms with Crippen LogP contribution in [0.25, 0.3) is 82.8 Å². The van der Waals surface area contributed by atoms with Crippen molar-refractivity contribution < 1.29 is 9.59 Å². The third-order valence-electron chi connectivity index (χ3n) is 17.5. The summed E-state index contributed by atoms with van der Waals surface area (Å²) in [5.74, 6) is -0.211. The van der Waals surface area contributed by atoms with Crippen molar-refractivity contribution >= 4 is 129 Å². The van der Waals surface area contributed by atoms with Crippen LogP contribution in [0.1, 0.15) is 224 Å². The van der Waals surface area contributed by atoms with Gasteiger partial charge in [-0.25, -0.2) is 4.90 Å². The lowest BCUT2D eigenvalue weighted by atomic mass is 9.83. The standard InChI is InChI=1S/C74H82INO2S4/c1-9-13-17-21-27-47-41-61(70-48(28-22-18-14-10-2)42-62(80-70)71-49(29-23-19-15-11-3)43-63(81-71)72-50(44-64(75)82-72)30-24-20-16-12-4)79-69(47)58-38-35-55-57-37-40-60-67-59(39-36-56(66(57)67)53-33-26-34-54(58)65(53)55)73(77)76(74(60)78)68-51(45(5)6)31-25-32-52(68)46(7)8/h25-26,31-46H,9-24,27-30H2,1-8H3. The van der Waals surface area contributed by atoms with Crippen molar-refractivity contribution in [1.82, 2.24) is 0 Å². The summed E-state index contributed by atoms with van der Waals surface area (Å²) in [5, 5.41) is 8.83. The molecule has 0 bridgehead atoms. The Morgan fingerprint density at radius 2 is 0.768 bits per heavy atom. The molecule has 0 aliphatic carbocycles. The average molecular weight is 1270 g/mol. The van der Waals surface area contributed by atoms with Gasteiger partial charge in [-0.3, -0.25) is 9.59 Å². The number of amides is 2. The van der Waals surface area contributed by atoms with Gasteiger partial charge in [-0.05, 0) is 199 Å². The second kappa shape index (κ2) is 26.3. The van der Waals surface area contributed by atoms with Gasteiger partial charge in [-0.1, -0.05) is 193 Å². The van der Waals surface area contributed by atoms with Gasteiger partial charge in [0.25, 0.3) is 11.8 Å². The number of thiophene rings is 4. The van der Waals surface area contributed by atoms with E-state index in [1.165, 1.54) is 189 Å². The summed E-state index contributed by atoms with van der Waals surface area (Å²) < 4.78 is 1.40. The molecular formula is C74H82INO2S4. The van der Waals surface area contributed by atoms with Crippen molar-refractivity contribution in [1.29, 1.82) is 0 Å². The van der Waals surface area contributed by atoms with Gasteiger partial charge < -0.3 is 0 Å². The molecule has 0 fully saturated rings. The number of fused-ring (bicyclic) bond motifs is 2. The third kappa shape index (κ3) is 11.5. The number of aryl methyl sites for hydroxylation is 4. The molecule has 4 aromatic heterocycles. The highest BCUT2D eigenvalue weighted by Crippen LogP contribution is 2.53. The molecular weight excluding hydrogens is 1190 g/mol. The largest absolute Gasteiger partial charge is 0.268 e. The Kier molecular flexibility index (Phi) is 18.9. The number of anilines is 1. The molecule has 0 saturated heterocycles. The first kappa shape index (κ1) is 59.0. The first-order valence-corrected chi connectivity index (χ1v) is 35.7. The second-order valence-electron chi connectivity index (χ2n) is 24.0. The highest BCUT2D eigenvalue weighted by Gasteiger charge is 2.38. The van der Waals surface area contributed by atoms with Gasteiger partial charge in [0.05, 0.1) is 8.57 Å². The molecule has 0 saturated carbocycles. The molecule has 6 aromatic carbocycles. The third-order valence-corrected chi connectivity index (χ3v) is 23.6. The van der Waals surface area contributed by atoms with E-state index < -0.39 is 0 Å². The number of hydrogen-bond donors (Lipinski definition) is 0. The quantitative estimate of drug-likeness (QED) is 0.0169. The van der Waals surface area contributed by atoms with Gasteiger partial charge >= 0.3 is 0 Å². The van der Waals surface area contributed by atoms with E-state index in [1.54, 1.807) is 11.1 Å². The Bertz CT molecular complexity index is 3820. The minimum absolute atomic E-state index is 0.135. The van der Waals surface area contributed by atoms with Crippen molar-refractivity contribution in [3.63, 3.8) is 0 Å². The minimum atomic E-state index is -0.240. The fourth-order valence-corrected chi connectivity index (χ4v) is 19.3. The molecule has 1 aliphatic rings. The van der Waals surface area contributed by atoms with Gasteiger partial charge in [0.15, 0.2) is 0 Å². The SMILES string of the molecule is CCCCCCc1cc(I)sc1-c1cc(CCCCCC)c(-c2cc(CCCCCC)c(-c3cc(CCCCCC)c(-c4ccc5c6ccc7c8c(ccc(c9cccc4c95)c86)C(=O)N(c4c(C(C)C)cccc4C(C)C)C7=O)s3)s2)s1. The predicted octanol–water partition coefficient (Wildman–Crippen LogP) is 24.8. The van der Waals surface area contributed by atoms with Gasteiger partial charge in [0.1, 0.15) is 0 Å². The molecule has 0 unspecified atom stereocenters. The van der Waals surface area contributed by atoms with Crippen LogP contribution in [0, 0.1) is 2.88 Å². The molecule has 0 spiro atoms. The number of halogens is 1. The lowest BCUT2D eigenvalue weighted by Crippen LogP contribution is -2.41. The zero-order valence-electron chi connectivity index (χ0n) is 49.8. The molecule has 5 heterocycles. The minimum Gasteiger partial charge on any atom is -0.268 e. The van der Waals surface area contributed by atoms with E-state index in [2.05, 4.69) is 186 Å². The summed E-state index contributed by atoms with van der Waals surface area (Å²) >= 11 is 10.7. The highest BCUT2D eigenvalue weighted by atomic mass is 127. The van der Waals surface area contributed by atoms with Crippen LogP contribution in [0.5, 0.6) is 0 Å². The normalized spacial score (nSPS) is 12.9. The van der Waals surface area contributed by atoms with E-state index in [4.69, 9.17) is 0 Å². The Morgan fingerprint density at radius 1 is 0.390 bits per heavy atom. The van der Waals surface area contributed by atoms with Crippen LogP contribution < -0.4 is 4.90 Å².